The third-order valence-electron chi connectivity index (χ3n) is 1.72. The Morgan fingerprint density at radius 3 is 2.23 bits per heavy atom. The number of hydrogen-bond acceptors (Lipinski definition) is 2. The first-order chi connectivity index (χ1) is 5.77. The Balaban J connectivity index is 0. The van der Waals surface area contributed by atoms with Crippen LogP contribution in [0.15, 0.2) is 0 Å². The number of carbonyl (C=O) groups is 1. The fraction of sp³-hybridized carbons (Fsp3) is 0.889. The van der Waals surface area contributed by atoms with Crippen molar-refractivity contribution in [1.82, 2.24) is 0 Å². The number of rotatable bonds is 7. The van der Waals surface area contributed by atoms with E-state index in [1.165, 1.54) is 25.7 Å². The van der Waals surface area contributed by atoms with Crippen molar-refractivity contribution in [3.63, 3.8) is 0 Å². The summed E-state index contributed by atoms with van der Waals surface area (Å²) in [5.41, 5.74) is 0. The van der Waals surface area contributed by atoms with Gasteiger partial charge in [0.15, 0.2) is 0 Å². The van der Waals surface area contributed by atoms with Gasteiger partial charge in [-0.05, 0) is 6.42 Å². The predicted octanol–water partition coefficient (Wildman–Crippen LogP) is 2.39. The van der Waals surface area contributed by atoms with Crippen molar-refractivity contribution in [2.75, 3.05) is 6.61 Å². The van der Waals surface area contributed by atoms with Gasteiger partial charge in [-0.15, -0.1) is 0 Å². The molecule has 0 fully saturated rings. The third-order valence-corrected chi connectivity index (χ3v) is 1.72. The Kier molecular flexibility index (Phi) is 14.0. The standard InChI is InChI=1S/C9H18O3.Li.H/c1-2-3-4-5-6-7-8-12-9(10)11;;/h2-8H2,1H3,(H,10,11);;. The molecule has 0 spiro atoms. The first-order valence-electron chi connectivity index (χ1n) is 4.63. The fourth-order valence-corrected chi connectivity index (χ4v) is 1.04. The molecule has 0 aliphatic rings. The molecule has 0 aromatic carbocycles. The van der Waals surface area contributed by atoms with Gasteiger partial charge in [0.1, 0.15) is 0 Å². The zero-order chi connectivity index (χ0) is 9.23. The van der Waals surface area contributed by atoms with Gasteiger partial charge >= 0.3 is 25.0 Å². The molecule has 0 saturated carbocycles. The summed E-state index contributed by atoms with van der Waals surface area (Å²) in [6.45, 7) is 2.52. The van der Waals surface area contributed by atoms with Crippen molar-refractivity contribution >= 4 is 25.0 Å². The third kappa shape index (κ3) is 14.7. The molecule has 0 amide bonds. The molecule has 0 saturated heterocycles. The number of hydrogen-bond donors (Lipinski definition) is 1. The van der Waals surface area contributed by atoms with Crippen LogP contribution >= 0.6 is 0 Å². The molecule has 4 heteroatoms. The Labute approximate surface area is 92.0 Å². The predicted molar refractivity (Wildman–Crippen MR) is 54.5 cm³/mol. The number of ether oxygens (including phenoxy) is 1. The van der Waals surface area contributed by atoms with E-state index in [1.54, 1.807) is 0 Å². The average molecular weight is 182 g/mol. The maximum absolute atomic E-state index is 9.91. The van der Waals surface area contributed by atoms with E-state index in [4.69, 9.17) is 5.11 Å². The van der Waals surface area contributed by atoms with Crippen molar-refractivity contribution in [3.8, 4) is 0 Å². The molecule has 0 aromatic rings. The summed E-state index contributed by atoms with van der Waals surface area (Å²) < 4.78 is 4.37. The van der Waals surface area contributed by atoms with Crippen LogP contribution in [-0.4, -0.2) is 36.7 Å². The molecule has 74 valence electrons. The van der Waals surface area contributed by atoms with Gasteiger partial charge in [-0.2, -0.15) is 0 Å². The molecular weight excluding hydrogens is 163 g/mol. The van der Waals surface area contributed by atoms with Gasteiger partial charge in [0.2, 0.25) is 0 Å². The van der Waals surface area contributed by atoms with Gasteiger partial charge in [-0.25, -0.2) is 4.79 Å². The monoisotopic (exact) mass is 182 g/mol. The Bertz CT molecular complexity index is 117. The maximum atomic E-state index is 9.91. The van der Waals surface area contributed by atoms with Gasteiger partial charge in [-0.3, -0.25) is 0 Å². The van der Waals surface area contributed by atoms with Crippen LogP contribution < -0.4 is 0 Å². The first-order valence-corrected chi connectivity index (χ1v) is 4.63. The van der Waals surface area contributed by atoms with E-state index in [-0.39, 0.29) is 18.9 Å². The zero-order valence-electron chi connectivity index (χ0n) is 7.71. The molecule has 0 aliphatic heterocycles. The Hall–Kier alpha value is -0.133. The zero-order valence-corrected chi connectivity index (χ0v) is 7.71. The van der Waals surface area contributed by atoms with Crippen molar-refractivity contribution < 1.29 is 14.6 Å². The van der Waals surface area contributed by atoms with Crippen LogP contribution in [0.5, 0.6) is 0 Å². The van der Waals surface area contributed by atoms with Gasteiger partial charge < -0.3 is 9.84 Å². The molecule has 3 nitrogen and oxygen atoms in total. The van der Waals surface area contributed by atoms with E-state index in [2.05, 4.69) is 11.7 Å². The molecule has 0 heterocycles. The van der Waals surface area contributed by atoms with Crippen LogP contribution in [0.2, 0.25) is 0 Å². The summed E-state index contributed by atoms with van der Waals surface area (Å²) >= 11 is 0. The van der Waals surface area contributed by atoms with Crippen LogP contribution in [0.25, 0.3) is 0 Å². The summed E-state index contributed by atoms with van der Waals surface area (Å²) in [6.07, 6.45) is 5.73. The number of unbranched alkanes of at least 4 members (excludes halogenated alkanes) is 5. The summed E-state index contributed by atoms with van der Waals surface area (Å²) in [5.74, 6) is 0. The Morgan fingerprint density at radius 1 is 1.15 bits per heavy atom. The number of carboxylic acid groups (broad SMARTS) is 1. The van der Waals surface area contributed by atoms with Crippen LogP contribution in [-0.2, 0) is 4.74 Å². The second-order valence-corrected chi connectivity index (χ2v) is 2.88. The van der Waals surface area contributed by atoms with Gasteiger partial charge in [0.25, 0.3) is 0 Å². The molecule has 0 aliphatic carbocycles. The molecule has 0 rings (SSSR count). The molecular formula is C9H19LiO3. The molecule has 1 N–H and O–H groups in total. The average Bonchev–Trinajstić information content (AvgIpc) is 2.02. The minimum absolute atomic E-state index is 0. The topological polar surface area (TPSA) is 46.5 Å². The molecule has 13 heavy (non-hydrogen) atoms. The summed E-state index contributed by atoms with van der Waals surface area (Å²) in [7, 11) is 0. The van der Waals surface area contributed by atoms with Crippen LogP contribution in [0.4, 0.5) is 4.79 Å². The second-order valence-electron chi connectivity index (χ2n) is 2.88. The summed E-state index contributed by atoms with van der Waals surface area (Å²) in [4.78, 5) is 9.91. The summed E-state index contributed by atoms with van der Waals surface area (Å²) in [5, 5.41) is 8.13. The quantitative estimate of drug-likeness (QED) is 0.373. The first kappa shape index (κ1) is 15.3. The van der Waals surface area contributed by atoms with Crippen molar-refractivity contribution in [1.29, 1.82) is 0 Å². The van der Waals surface area contributed by atoms with Crippen LogP contribution in [0.1, 0.15) is 45.4 Å². The molecule has 0 radical (unpaired) electrons. The molecule has 0 aromatic heterocycles. The van der Waals surface area contributed by atoms with Gasteiger partial charge in [-0.1, -0.05) is 39.0 Å². The van der Waals surface area contributed by atoms with Crippen molar-refractivity contribution in [3.05, 3.63) is 0 Å². The van der Waals surface area contributed by atoms with Crippen LogP contribution in [0.3, 0.4) is 0 Å². The molecule has 0 unspecified atom stereocenters. The second kappa shape index (κ2) is 11.9. The van der Waals surface area contributed by atoms with Gasteiger partial charge in [0.05, 0.1) is 6.61 Å². The van der Waals surface area contributed by atoms with Crippen molar-refractivity contribution in [2.24, 2.45) is 0 Å². The van der Waals surface area contributed by atoms with E-state index >= 15 is 0 Å². The SMILES string of the molecule is CCCCCCCCOC(=O)O.[LiH]. The normalized spacial score (nSPS) is 9.00. The molecule has 0 bridgehead atoms. The Morgan fingerprint density at radius 2 is 1.69 bits per heavy atom. The van der Waals surface area contributed by atoms with Crippen molar-refractivity contribution in [2.45, 2.75) is 45.4 Å². The van der Waals surface area contributed by atoms with E-state index in [9.17, 15) is 4.79 Å². The van der Waals surface area contributed by atoms with E-state index in [0.29, 0.717) is 6.61 Å². The summed E-state index contributed by atoms with van der Waals surface area (Å²) in [6, 6.07) is 0. The fourth-order valence-electron chi connectivity index (χ4n) is 1.04. The van der Waals surface area contributed by atoms with Gasteiger partial charge in [0, 0.05) is 0 Å². The molecule has 0 atom stereocenters. The van der Waals surface area contributed by atoms with E-state index < -0.39 is 6.16 Å². The van der Waals surface area contributed by atoms with Crippen LogP contribution in [0, 0.1) is 0 Å². The van der Waals surface area contributed by atoms with E-state index in [1.807, 2.05) is 0 Å². The minimum atomic E-state index is -1.16. The van der Waals surface area contributed by atoms with E-state index in [0.717, 1.165) is 12.8 Å².